The molecule has 1 saturated carbocycles. The van der Waals surface area contributed by atoms with Gasteiger partial charge in [-0.3, -0.25) is 0 Å². The van der Waals surface area contributed by atoms with Crippen LogP contribution in [0.5, 0.6) is 0 Å². The smallest absolute Gasteiger partial charge is 0.102 e. The normalized spacial score (nSPS) is 18.4. The predicted octanol–water partition coefficient (Wildman–Crippen LogP) is 4.22. The molecule has 2 heteroatoms. The highest BCUT2D eigenvalue weighted by Crippen LogP contribution is 2.26. The first-order chi connectivity index (χ1) is 9.47. The molecule has 1 N–H and O–H groups in total. The molecule has 0 saturated heterocycles. The van der Waals surface area contributed by atoms with Gasteiger partial charge < -0.3 is 9.84 Å². The van der Waals surface area contributed by atoms with E-state index in [1.165, 1.54) is 31.2 Å². The van der Waals surface area contributed by atoms with E-state index in [1.807, 2.05) is 12.1 Å². The van der Waals surface area contributed by atoms with Crippen molar-refractivity contribution < 1.29 is 9.84 Å². The van der Waals surface area contributed by atoms with Gasteiger partial charge in [0.25, 0.3) is 0 Å². The maximum Gasteiger partial charge on any atom is 0.102 e. The van der Waals surface area contributed by atoms with E-state index in [-0.39, 0.29) is 5.41 Å². The van der Waals surface area contributed by atoms with E-state index >= 15 is 0 Å². The van der Waals surface area contributed by atoms with Crippen LogP contribution in [0.1, 0.15) is 63.7 Å². The number of hydrogen-bond donors (Lipinski definition) is 1. The van der Waals surface area contributed by atoms with E-state index in [4.69, 9.17) is 4.74 Å². The van der Waals surface area contributed by atoms with Gasteiger partial charge in [-0.25, -0.2) is 0 Å². The molecule has 112 valence electrons. The van der Waals surface area contributed by atoms with Crippen LogP contribution in [-0.2, 0) is 10.2 Å². The molecule has 1 aliphatic carbocycles. The highest BCUT2D eigenvalue weighted by Gasteiger charge is 2.17. The van der Waals surface area contributed by atoms with Gasteiger partial charge in [-0.15, -0.1) is 0 Å². The van der Waals surface area contributed by atoms with Crippen LogP contribution in [0.25, 0.3) is 0 Å². The Balaban J connectivity index is 1.81. The Morgan fingerprint density at radius 2 is 1.75 bits per heavy atom. The molecule has 2 rings (SSSR count). The summed E-state index contributed by atoms with van der Waals surface area (Å²) in [4.78, 5) is 0. The van der Waals surface area contributed by atoms with Gasteiger partial charge in [0.1, 0.15) is 6.10 Å². The van der Waals surface area contributed by atoms with Crippen molar-refractivity contribution in [1.29, 1.82) is 0 Å². The van der Waals surface area contributed by atoms with E-state index in [9.17, 15) is 5.11 Å². The Labute approximate surface area is 123 Å². The van der Waals surface area contributed by atoms with E-state index in [0.29, 0.717) is 12.5 Å². The summed E-state index contributed by atoms with van der Waals surface area (Å²) in [5, 5.41) is 10.2. The summed E-state index contributed by atoms with van der Waals surface area (Å²) >= 11 is 0. The summed E-state index contributed by atoms with van der Waals surface area (Å²) in [5.74, 6) is 0.713. The number of hydrogen-bond acceptors (Lipinski definition) is 2. The Hall–Kier alpha value is -0.860. The number of aliphatic hydroxyl groups excluding tert-OH is 1. The SMILES string of the molecule is CC(C)(C)c1ccc(C(O)COCC2CCCC2)cc1. The van der Waals surface area contributed by atoms with E-state index < -0.39 is 6.10 Å². The second-order valence-corrected chi connectivity index (χ2v) is 7.08. The maximum atomic E-state index is 10.2. The largest absolute Gasteiger partial charge is 0.386 e. The summed E-state index contributed by atoms with van der Waals surface area (Å²) in [6.45, 7) is 7.80. The van der Waals surface area contributed by atoms with Crippen LogP contribution in [0.2, 0.25) is 0 Å². The van der Waals surface area contributed by atoms with E-state index in [1.54, 1.807) is 0 Å². The Kier molecular flexibility index (Phi) is 5.22. The summed E-state index contributed by atoms with van der Waals surface area (Å²) in [6, 6.07) is 8.25. The summed E-state index contributed by atoms with van der Waals surface area (Å²) in [5.41, 5.74) is 2.40. The van der Waals surface area contributed by atoms with Gasteiger partial charge in [-0.2, -0.15) is 0 Å². The van der Waals surface area contributed by atoms with Gasteiger partial charge in [0.15, 0.2) is 0 Å². The van der Waals surface area contributed by atoms with Crippen LogP contribution < -0.4 is 0 Å². The van der Waals surface area contributed by atoms with Gasteiger partial charge in [-0.1, -0.05) is 57.9 Å². The Morgan fingerprint density at radius 1 is 1.15 bits per heavy atom. The molecule has 1 aromatic carbocycles. The third-order valence-corrected chi connectivity index (χ3v) is 4.27. The molecule has 1 aromatic rings. The van der Waals surface area contributed by atoms with Crippen molar-refractivity contribution in [3.05, 3.63) is 35.4 Å². The minimum Gasteiger partial charge on any atom is -0.386 e. The summed E-state index contributed by atoms with van der Waals surface area (Å²) < 4.78 is 5.68. The molecular weight excluding hydrogens is 248 g/mol. The average molecular weight is 276 g/mol. The molecule has 0 amide bonds. The number of aliphatic hydroxyl groups is 1. The molecule has 2 nitrogen and oxygen atoms in total. The van der Waals surface area contributed by atoms with Gasteiger partial charge in [0, 0.05) is 6.61 Å². The van der Waals surface area contributed by atoms with Gasteiger partial charge >= 0.3 is 0 Å². The minimum atomic E-state index is -0.509. The second-order valence-electron chi connectivity index (χ2n) is 7.08. The van der Waals surface area contributed by atoms with E-state index in [2.05, 4.69) is 32.9 Å². The van der Waals surface area contributed by atoms with Crippen LogP contribution in [0, 0.1) is 5.92 Å². The number of benzene rings is 1. The van der Waals surface area contributed by atoms with Crippen molar-refractivity contribution in [2.45, 2.75) is 58.0 Å². The van der Waals surface area contributed by atoms with E-state index in [0.717, 1.165) is 12.2 Å². The van der Waals surface area contributed by atoms with Crippen molar-refractivity contribution in [3.63, 3.8) is 0 Å². The zero-order chi connectivity index (χ0) is 14.6. The van der Waals surface area contributed by atoms with Crippen LogP contribution in [-0.4, -0.2) is 18.3 Å². The molecule has 1 unspecified atom stereocenters. The van der Waals surface area contributed by atoms with Crippen molar-refractivity contribution in [2.75, 3.05) is 13.2 Å². The van der Waals surface area contributed by atoms with Crippen LogP contribution >= 0.6 is 0 Å². The topological polar surface area (TPSA) is 29.5 Å². The molecular formula is C18H28O2. The van der Waals surface area contributed by atoms with Gasteiger partial charge in [0.2, 0.25) is 0 Å². The summed E-state index contributed by atoms with van der Waals surface area (Å²) in [7, 11) is 0. The van der Waals surface area contributed by atoms with Crippen molar-refractivity contribution >= 4 is 0 Å². The van der Waals surface area contributed by atoms with Crippen LogP contribution in [0.3, 0.4) is 0 Å². The first-order valence-corrected chi connectivity index (χ1v) is 7.83. The third kappa shape index (κ3) is 4.32. The molecule has 0 spiro atoms. The number of rotatable bonds is 5. The summed E-state index contributed by atoms with van der Waals surface area (Å²) in [6.07, 6.45) is 4.74. The Bertz CT molecular complexity index is 396. The number of ether oxygens (including phenoxy) is 1. The predicted molar refractivity (Wildman–Crippen MR) is 82.9 cm³/mol. The molecule has 1 fully saturated rings. The molecule has 0 aliphatic heterocycles. The fourth-order valence-corrected chi connectivity index (χ4v) is 2.82. The maximum absolute atomic E-state index is 10.2. The third-order valence-electron chi connectivity index (χ3n) is 4.27. The highest BCUT2D eigenvalue weighted by atomic mass is 16.5. The van der Waals surface area contributed by atoms with Crippen LogP contribution in [0.4, 0.5) is 0 Å². The highest BCUT2D eigenvalue weighted by molar-refractivity contribution is 5.28. The van der Waals surface area contributed by atoms with Crippen molar-refractivity contribution in [1.82, 2.24) is 0 Å². The van der Waals surface area contributed by atoms with Crippen LogP contribution in [0.15, 0.2) is 24.3 Å². The average Bonchev–Trinajstić information content (AvgIpc) is 2.91. The van der Waals surface area contributed by atoms with Crippen molar-refractivity contribution in [2.24, 2.45) is 5.92 Å². The zero-order valence-corrected chi connectivity index (χ0v) is 13.1. The zero-order valence-electron chi connectivity index (χ0n) is 13.1. The molecule has 20 heavy (non-hydrogen) atoms. The second kappa shape index (κ2) is 6.73. The molecule has 0 bridgehead atoms. The molecule has 1 aliphatic rings. The van der Waals surface area contributed by atoms with Gasteiger partial charge in [-0.05, 0) is 35.3 Å². The fraction of sp³-hybridized carbons (Fsp3) is 0.667. The molecule has 0 heterocycles. The first-order valence-electron chi connectivity index (χ1n) is 7.83. The lowest BCUT2D eigenvalue weighted by Gasteiger charge is -2.20. The molecule has 0 aromatic heterocycles. The lowest BCUT2D eigenvalue weighted by Crippen LogP contribution is -2.13. The minimum absolute atomic E-state index is 0.155. The first kappa shape index (κ1) is 15.5. The monoisotopic (exact) mass is 276 g/mol. The standard InChI is InChI=1S/C18H28O2/c1-18(2,3)16-10-8-15(9-11-16)17(19)13-20-12-14-6-4-5-7-14/h8-11,14,17,19H,4-7,12-13H2,1-3H3. The molecule has 0 radical (unpaired) electrons. The van der Waals surface area contributed by atoms with Gasteiger partial charge in [0.05, 0.1) is 6.61 Å². The van der Waals surface area contributed by atoms with Crippen molar-refractivity contribution in [3.8, 4) is 0 Å². The molecule has 1 atom stereocenters. The quantitative estimate of drug-likeness (QED) is 0.872. The lowest BCUT2D eigenvalue weighted by molar-refractivity contribution is 0.0212. The lowest BCUT2D eigenvalue weighted by atomic mass is 9.86. The Morgan fingerprint density at radius 3 is 2.30 bits per heavy atom. The fourth-order valence-electron chi connectivity index (χ4n) is 2.82.